The number of carbonyl (C=O) groups excluding carboxylic acids is 1. The monoisotopic (exact) mass is 548 g/mol. The smallest absolute Gasteiger partial charge is 0.308 e. The average Bonchev–Trinajstić information content (AvgIpc) is 3.06. The van der Waals surface area contributed by atoms with Gasteiger partial charge < -0.3 is 5.32 Å². The largest absolute Gasteiger partial charge is 0.324 e. The molecule has 0 aliphatic rings. The fourth-order valence-electron chi connectivity index (χ4n) is 3.19. The summed E-state index contributed by atoms with van der Waals surface area (Å²) in [6.45, 7) is 1.88. The van der Waals surface area contributed by atoms with E-state index in [0.717, 1.165) is 21.3 Å². The van der Waals surface area contributed by atoms with Crippen LogP contribution in [-0.2, 0) is 0 Å². The van der Waals surface area contributed by atoms with Crippen LogP contribution in [0.5, 0.6) is 0 Å². The molecule has 0 aliphatic carbocycles. The van der Waals surface area contributed by atoms with Gasteiger partial charge in [-0.2, -0.15) is 0 Å². The minimum absolute atomic E-state index is 0.399. The van der Waals surface area contributed by atoms with Gasteiger partial charge in [0, 0.05) is 31.3 Å². The first-order valence-corrected chi connectivity index (χ1v) is 11.4. The van der Waals surface area contributed by atoms with E-state index in [-0.39, 0.29) is 0 Å². The van der Waals surface area contributed by atoms with E-state index >= 15 is 0 Å². The van der Waals surface area contributed by atoms with Crippen molar-refractivity contribution in [2.24, 2.45) is 0 Å². The Hall–Kier alpha value is -2.51. The zero-order valence-electron chi connectivity index (χ0n) is 16.7. The molecule has 3 aromatic carbocycles. The highest BCUT2D eigenvalue weighted by molar-refractivity contribution is 9.10. The molecule has 0 atom stereocenters. The highest BCUT2D eigenvalue weighted by atomic mass is 79.9. The molecule has 1 heterocycles. The quantitative estimate of drug-likeness (QED) is 0.269. The summed E-state index contributed by atoms with van der Waals surface area (Å²) in [5, 5.41) is 11.8. The lowest BCUT2D eigenvalue weighted by atomic mass is 10.1. The van der Waals surface area contributed by atoms with Gasteiger partial charge in [0.25, 0.3) is 0 Å². The molecule has 4 aromatic rings. The number of hydrogen-bond acceptors (Lipinski definition) is 2. The van der Waals surface area contributed by atoms with Crippen molar-refractivity contribution in [3.05, 3.63) is 91.8 Å². The lowest BCUT2D eigenvalue weighted by Crippen LogP contribution is -2.20. The Balaban J connectivity index is 1.74. The van der Waals surface area contributed by atoms with Crippen LogP contribution in [0.4, 0.5) is 16.3 Å². The molecule has 9 heteroatoms. The number of amides is 2. The number of benzene rings is 3. The van der Waals surface area contributed by atoms with Gasteiger partial charge in [0.15, 0.2) is 5.82 Å². The molecule has 0 saturated heterocycles. The highest BCUT2D eigenvalue weighted by Crippen LogP contribution is 2.34. The number of urea groups is 1. The summed E-state index contributed by atoms with van der Waals surface area (Å²) in [6, 6.07) is 19.4. The molecule has 0 radical (unpaired) electrons. The maximum Gasteiger partial charge on any atom is 0.324 e. The van der Waals surface area contributed by atoms with Gasteiger partial charge in [-0.1, -0.05) is 62.9 Å². The van der Waals surface area contributed by atoms with E-state index in [2.05, 4.69) is 31.7 Å². The molecular weight excluding hydrogens is 535 g/mol. The molecule has 2 N–H and O–H groups in total. The van der Waals surface area contributed by atoms with Crippen LogP contribution in [0.1, 0.15) is 5.56 Å². The Morgan fingerprint density at radius 2 is 1.56 bits per heavy atom. The third-order valence-electron chi connectivity index (χ3n) is 4.71. The van der Waals surface area contributed by atoms with Crippen LogP contribution in [0.3, 0.4) is 0 Å². The third-order valence-corrected chi connectivity index (χ3v) is 6.03. The molecule has 162 valence electrons. The Kier molecular flexibility index (Phi) is 6.76. The summed E-state index contributed by atoms with van der Waals surface area (Å²) >= 11 is 22.0. The number of carbonyl (C=O) groups is 1. The zero-order chi connectivity index (χ0) is 22.8. The van der Waals surface area contributed by atoms with Crippen LogP contribution in [0.25, 0.3) is 16.9 Å². The van der Waals surface area contributed by atoms with E-state index < -0.39 is 6.03 Å². The van der Waals surface area contributed by atoms with Crippen LogP contribution >= 0.6 is 50.7 Å². The van der Waals surface area contributed by atoms with Gasteiger partial charge >= 0.3 is 6.03 Å². The van der Waals surface area contributed by atoms with Crippen molar-refractivity contribution in [3.63, 3.8) is 0 Å². The molecule has 0 unspecified atom stereocenters. The van der Waals surface area contributed by atoms with E-state index in [0.29, 0.717) is 32.3 Å². The van der Waals surface area contributed by atoms with Crippen molar-refractivity contribution >= 4 is 68.3 Å². The van der Waals surface area contributed by atoms with E-state index in [1.807, 2.05) is 31.2 Å². The predicted octanol–water partition coefficient (Wildman–Crippen LogP) is 8.21. The third kappa shape index (κ3) is 4.94. The number of rotatable bonds is 4. The van der Waals surface area contributed by atoms with E-state index in [9.17, 15) is 4.79 Å². The minimum atomic E-state index is -0.412. The fraction of sp³-hybridized carbons (Fsp3) is 0.0435. The Morgan fingerprint density at radius 1 is 0.906 bits per heavy atom. The first kappa shape index (κ1) is 22.7. The first-order chi connectivity index (χ1) is 15.3. The number of hydrogen-bond donors (Lipinski definition) is 2. The van der Waals surface area contributed by atoms with Crippen molar-refractivity contribution < 1.29 is 4.79 Å². The molecule has 0 fully saturated rings. The van der Waals surface area contributed by atoms with E-state index in [4.69, 9.17) is 34.8 Å². The van der Waals surface area contributed by atoms with Gasteiger partial charge in [0.2, 0.25) is 0 Å². The maximum atomic E-state index is 12.6. The summed E-state index contributed by atoms with van der Waals surface area (Å²) < 4.78 is 2.61. The van der Waals surface area contributed by atoms with Crippen molar-refractivity contribution in [1.82, 2.24) is 9.78 Å². The lowest BCUT2D eigenvalue weighted by molar-refractivity contribution is 0.262. The standard InChI is InChI=1S/C23H16BrCl3N4O/c1-13-21(14-2-6-16(25)7-3-14)31(20-11-8-17(26)12-19(20)27)30-22(13)29-23(32)28-18-9-4-15(24)5-10-18/h2-12H,1H3,(H2,28,29,30,32). The first-order valence-electron chi connectivity index (χ1n) is 9.46. The lowest BCUT2D eigenvalue weighted by Gasteiger charge is -2.10. The number of aromatic nitrogens is 2. The van der Waals surface area contributed by atoms with Crippen molar-refractivity contribution in [2.75, 3.05) is 10.6 Å². The highest BCUT2D eigenvalue weighted by Gasteiger charge is 2.20. The van der Waals surface area contributed by atoms with Crippen molar-refractivity contribution in [2.45, 2.75) is 6.92 Å². The average molecular weight is 551 g/mol. The Bertz CT molecular complexity index is 1290. The Labute approximate surface area is 208 Å². The summed E-state index contributed by atoms with van der Waals surface area (Å²) in [4.78, 5) is 12.6. The molecule has 4 rings (SSSR count). The van der Waals surface area contributed by atoms with E-state index in [1.165, 1.54) is 0 Å². The summed E-state index contributed by atoms with van der Waals surface area (Å²) in [5.41, 5.74) is 3.69. The predicted molar refractivity (Wildman–Crippen MR) is 136 cm³/mol. The molecule has 0 aliphatic heterocycles. The molecule has 0 saturated carbocycles. The number of halogens is 4. The summed E-state index contributed by atoms with van der Waals surface area (Å²) in [5.74, 6) is 0.399. The van der Waals surface area contributed by atoms with Gasteiger partial charge in [-0.3, -0.25) is 5.32 Å². The second-order valence-electron chi connectivity index (χ2n) is 6.92. The summed E-state index contributed by atoms with van der Waals surface area (Å²) in [6.07, 6.45) is 0. The normalized spacial score (nSPS) is 10.8. The fourth-order valence-corrected chi connectivity index (χ4v) is 4.07. The molecular formula is C23H16BrCl3N4O. The number of nitrogens with one attached hydrogen (secondary N) is 2. The van der Waals surface area contributed by atoms with Gasteiger partial charge in [-0.25, -0.2) is 9.48 Å². The molecule has 2 amide bonds. The van der Waals surface area contributed by atoms with Gasteiger partial charge in [-0.15, -0.1) is 5.10 Å². The Morgan fingerprint density at radius 3 is 2.22 bits per heavy atom. The molecule has 5 nitrogen and oxygen atoms in total. The van der Waals surface area contributed by atoms with Crippen LogP contribution < -0.4 is 10.6 Å². The van der Waals surface area contributed by atoms with Crippen LogP contribution in [0.2, 0.25) is 15.1 Å². The van der Waals surface area contributed by atoms with Crippen molar-refractivity contribution in [1.29, 1.82) is 0 Å². The minimum Gasteiger partial charge on any atom is -0.308 e. The second-order valence-corrected chi connectivity index (χ2v) is 9.12. The van der Waals surface area contributed by atoms with Gasteiger partial charge in [-0.05, 0) is 61.5 Å². The van der Waals surface area contributed by atoms with Gasteiger partial charge in [0.1, 0.15) is 0 Å². The molecule has 1 aromatic heterocycles. The zero-order valence-corrected chi connectivity index (χ0v) is 20.5. The topological polar surface area (TPSA) is 59.0 Å². The number of nitrogens with zero attached hydrogens (tertiary/aromatic N) is 2. The molecule has 0 bridgehead atoms. The van der Waals surface area contributed by atoms with Crippen molar-refractivity contribution in [3.8, 4) is 16.9 Å². The summed E-state index contributed by atoms with van der Waals surface area (Å²) in [7, 11) is 0. The van der Waals surface area contributed by atoms with E-state index in [1.54, 1.807) is 47.1 Å². The number of anilines is 2. The molecule has 0 spiro atoms. The van der Waals surface area contributed by atoms with Gasteiger partial charge in [0.05, 0.1) is 16.4 Å². The molecule has 32 heavy (non-hydrogen) atoms. The van der Waals surface area contributed by atoms with Crippen LogP contribution in [0, 0.1) is 6.92 Å². The van der Waals surface area contributed by atoms with Crippen LogP contribution in [-0.4, -0.2) is 15.8 Å². The maximum absolute atomic E-state index is 12.6. The second kappa shape index (κ2) is 9.55. The SMILES string of the molecule is Cc1c(NC(=O)Nc2ccc(Br)cc2)nn(-c2ccc(Cl)cc2Cl)c1-c1ccc(Cl)cc1. The van der Waals surface area contributed by atoms with Crippen LogP contribution in [0.15, 0.2) is 71.2 Å².